The highest BCUT2D eigenvalue weighted by Gasteiger charge is 2.14. The Kier molecular flexibility index (Phi) is 6.36. The summed E-state index contributed by atoms with van der Waals surface area (Å²) in [5, 5.41) is 7.31. The van der Waals surface area contributed by atoms with E-state index in [2.05, 4.69) is 21.7 Å². The third kappa shape index (κ3) is 4.67. The van der Waals surface area contributed by atoms with Crippen LogP contribution in [0.3, 0.4) is 0 Å². The zero-order chi connectivity index (χ0) is 20.8. The van der Waals surface area contributed by atoms with Crippen LogP contribution in [-0.4, -0.2) is 33.3 Å². The molecule has 0 aliphatic carbocycles. The van der Waals surface area contributed by atoms with Crippen molar-refractivity contribution in [3.05, 3.63) is 77.6 Å². The Morgan fingerprint density at radius 2 is 1.86 bits per heavy atom. The summed E-state index contributed by atoms with van der Waals surface area (Å²) in [6, 6.07) is 16.1. The molecule has 3 aromatic rings. The Morgan fingerprint density at radius 3 is 2.48 bits per heavy atom. The van der Waals surface area contributed by atoms with Crippen LogP contribution in [0.1, 0.15) is 10.4 Å². The summed E-state index contributed by atoms with van der Waals surface area (Å²) in [5.74, 6) is -0.0455. The van der Waals surface area contributed by atoms with Gasteiger partial charge in [-0.15, -0.1) is 6.58 Å². The quantitative estimate of drug-likeness (QED) is 0.366. The average Bonchev–Trinajstić information content (AvgIpc) is 3.04. The monoisotopic (exact) mass is 408 g/mol. The molecule has 0 atom stereocenters. The molecule has 29 heavy (non-hydrogen) atoms. The van der Waals surface area contributed by atoms with Crippen molar-refractivity contribution in [2.24, 2.45) is 0 Å². The van der Waals surface area contributed by atoms with E-state index in [-0.39, 0.29) is 12.5 Å². The molecule has 1 aromatic heterocycles. The average molecular weight is 408 g/mol. The fourth-order valence-electron chi connectivity index (χ4n) is 2.78. The van der Waals surface area contributed by atoms with Crippen molar-refractivity contribution in [3.63, 3.8) is 0 Å². The first kappa shape index (κ1) is 20.2. The molecule has 0 aliphatic rings. The highest BCUT2D eigenvalue weighted by molar-refractivity contribution is 7.71. The van der Waals surface area contributed by atoms with Crippen molar-refractivity contribution in [3.8, 4) is 11.4 Å². The van der Waals surface area contributed by atoms with Gasteiger partial charge in [-0.25, -0.2) is 9.48 Å². The van der Waals surface area contributed by atoms with E-state index in [9.17, 15) is 9.59 Å². The van der Waals surface area contributed by atoms with E-state index < -0.39 is 5.97 Å². The number of hydrogen-bond donors (Lipinski definition) is 1. The zero-order valence-electron chi connectivity index (χ0n) is 15.9. The van der Waals surface area contributed by atoms with Gasteiger partial charge in [0.15, 0.2) is 10.6 Å². The molecule has 1 N–H and O–H groups in total. The Bertz CT molecular complexity index is 1090. The largest absolute Gasteiger partial charge is 0.465 e. The minimum atomic E-state index is -0.435. The molecule has 0 bridgehead atoms. The number of carbonyl (C=O) groups excluding carboxylic acids is 2. The van der Waals surface area contributed by atoms with Crippen LogP contribution in [0.5, 0.6) is 0 Å². The summed E-state index contributed by atoms with van der Waals surface area (Å²) in [6.07, 6.45) is 1.73. The molecule has 2 aromatic carbocycles. The summed E-state index contributed by atoms with van der Waals surface area (Å²) in [6.45, 7) is 4.21. The summed E-state index contributed by atoms with van der Waals surface area (Å²) in [7, 11) is 1.32. The molecular weight excluding hydrogens is 388 g/mol. The van der Waals surface area contributed by atoms with E-state index in [1.165, 1.54) is 11.8 Å². The maximum atomic E-state index is 12.5. The van der Waals surface area contributed by atoms with Gasteiger partial charge in [0.2, 0.25) is 5.91 Å². The number of allylic oxidation sites excluding steroid dienone is 1. The third-order valence-corrected chi connectivity index (χ3v) is 4.58. The molecule has 1 heterocycles. The van der Waals surface area contributed by atoms with Crippen molar-refractivity contribution in [2.45, 2.75) is 13.1 Å². The number of aromatic nitrogens is 3. The van der Waals surface area contributed by atoms with E-state index in [4.69, 9.17) is 12.2 Å². The van der Waals surface area contributed by atoms with E-state index in [1.807, 2.05) is 34.9 Å². The Balaban J connectivity index is 1.79. The van der Waals surface area contributed by atoms with Gasteiger partial charge in [-0.3, -0.25) is 9.36 Å². The number of carbonyl (C=O) groups is 2. The van der Waals surface area contributed by atoms with Gasteiger partial charge in [0.1, 0.15) is 6.54 Å². The summed E-state index contributed by atoms with van der Waals surface area (Å²) < 4.78 is 8.41. The Labute approximate surface area is 173 Å². The van der Waals surface area contributed by atoms with E-state index in [0.29, 0.717) is 28.4 Å². The van der Waals surface area contributed by atoms with Gasteiger partial charge in [-0.05, 0) is 36.5 Å². The van der Waals surface area contributed by atoms with Crippen LogP contribution >= 0.6 is 12.2 Å². The second-order valence-corrected chi connectivity index (χ2v) is 6.51. The normalized spacial score (nSPS) is 10.4. The molecule has 0 saturated carbocycles. The molecule has 148 valence electrons. The third-order valence-electron chi connectivity index (χ3n) is 4.15. The number of esters is 1. The maximum absolute atomic E-state index is 12.5. The smallest absolute Gasteiger partial charge is 0.337 e. The lowest BCUT2D eigenvalue weighted by Gasteiger charge is -2.06. The van der Waals surface area contributed by atoms with Crippen LogP contribution in [0.25, 0.3) is 11.4 Å². The number of rotatable bonds is 7. The molecule has 0 radical (unpaired) electrons. The van der Waals surface area contributed by atoms with E-state index in [1.54, 1.807) is 30.3 Å². The molecule has 7 nitrogen and oxygen atoms in total. The van der Waals surface area contributed by atoms with Crippen molar-refractivity contribution >= 4 is 29.8 Å². The molecule has 8 heteroatoms. The van der Waals surface area contributed by atoms with E-state index >= 15 is 0 Å². The number of ether oxygens (including phenoxy) is 1. The molecule has 0 unspecified atom stereocenters. The van der Waals surface area contributed by atoms with Crippen LogP contribution in [0.4, 0.5) is 5.69 Å². The SMILES string of the molecule is C=CCn1c(-c2ccccc2)nn(CC(=O)Nc2ccc(C(=O)OC)cc2)c1=S. The lowest BCUT2D eigenvalue weighted by atomic mass is 10.2. The minimum Gasteiger partial charge on any atom is -0.465 e. The first-order chi connectivity index (χ1) is 14.0. The second-order valence-electron chi connectivity index (χ2n) is 6.15. The lowest BCUT2D eigenvalue weighted by Crippen LogP contribution is -2.20. The number of methoxy groups -OCH3 is 1. The van der Waals surface area contributed by atoms with Gasteiger partial charge < -0.3 is 10.1 Å². The van der Waals surface area contributed by atoms with Crippen LogP contribution in [0, 0.1) is 4.77 Å². The predicted octanol–water partition coefficient (Wildman–Crippen LogP) is 3.69. The first-order valence-electron chi connectivity index (χ1n) is 8.85. The summed E-state index contributed by atoms with van der Waals surface area (Å²) in [5.41, 5.74) is 1.87. The van der Waals surface area contributed by atoms with Gasteiger partial charge in [-0.2, -0.15) is 5.10 Å². The van der Waals surface area contributed by atoms with Crippen LogP contribution < -0.4 is 5.32 Å². The lowest BCUT2D eigenvalue weighted by molar-refractivity contribution is -0.116. The number of nitrogens with one attached hydrogen (secondary N) is 1. The first-order valence-corrected chi connectivity index (χ1v) is 9.26. The van der Waals surface area contributed by atoms with Gasteiger partial charge in [0.05, 0.1) is 12.7 Å². The van der Waals surface area contributed by atoms with Crippen LogP contribution in [-0.2, 0) is 22.6 Å². The molecular formula is C21H20N4O3S. The maximum Gasteiger partial charge on any atom is 0.337 e. The number of hydrogen-bond acceptors (Lipinski definition) is 5. The molecule has 0 spiro atoms. The standard InChI is InChI=1S/C21H20N4O3S/c1-3-13-24-19(15-7-5-4-6-8-15)23-25(21(24)29)14-18(26)22-17-11-9-16(10-12-17)20(27)28-2/h3-12H,1,13-14H2,2H3,(H,22,26). The fraction of sp³-hybridized carbons (Fsp3) is 0.143. The van der Waals surface area contributed by atoms with Gasteiger partial charge >= 0.3 is 5.97 Å². The molecule has 3 rings (SSSR count). The van der Waals surface area contributed by atoms with Crippen molar-refractivity contribution < 1.29 is 14.3 Å². The van der Waals surface area contributed by atoms with Gasteiger partial charge in [-0.1, -0.05) is 36.4 Å². The molecule has 0 saturated heterocycles. The van der Waals surface area contributed by atoms with Gasteiger partial charge in [0.25, 0.3) is 0 Å². The molecule has 1 amide bonds. The summed E-state index contributed by atoms with van der Waals surface area (Å²) in [4.78, 5) is 24.0. The topological polar surface area (TPSA) is 78.2 Å². The highest BCUT2D eigenvalue weighted by Crippen LogP contribution is 2.18. The predicted molar refractivity (Wildman–Crippen MR) is 113 cm³/mol. The number of amides is 1. The van der Waals surface area contributed by atoms with Crippen molar-refractivity contribution in [1.29, 1.82) is 0 Å². The molecule has 0 fully saturated rings. The zero-order valence-corrected chi connectivity index (χ0v) is 16.7. The number of benzene rings is 2. The van der Waals surface area contributed by atoms with E-state index in [0.717, 1.165) is 5.56 Å². The Hall–Kier alpha value is -3.52. The summed E-state index contributed by atoms with van der Waals surface area (Å²) >= 11 is 5.50. The van der Waals surface area contributed by atoms with Crippen molar-refractivity contribution in [2.75, 3.05) is 12.4 Å². The highest BCUT2D eigenvalue weighted by atomic mass is 32.1. The van der Waals surface area contributed by atoms with Crippen molar-refractivity contribution in [1.82, 2.24) is 14.3 Å². The Morgan fingerprint density at radius 1 is 1.17 bits per heavy atom. The van der Waals surface area contributed by atoms with Gasteiger partial charge in [0, 0.05) is 17.8 Å². The van der Waals surface area contributed by atoms with Crippen LogP contribution in [0.2, 0.25) is 0 Å². The number of nitrogens with zero attached hydrogens (tertiary/aromatic N) is 3. The van der Waals surface area contributed by atoms with Crippen LogP contribution in [0.15, 0.2) is 67.3 Å². The number of anilines is 1. The minimum absolute atomic E-state index is 0.0401. The fourth-order valence-corrected chi connectivity index (χ4v) is 3.05. The molecule has 0 aliphatic heterocycles. The second kappa shape index (κ2) is 9.11.